The summed E-state index contributed by atoms with van der Waals surface area (Å²) in [6.45, 7) is 6.69. The van der Waals surface area contributed by atoms with Crippen LogP contribution in [-0.4, -0.2) is 15.0 Å². The molecule has 1 aromatic carbocycles. The smallest absolute Gasteiger partial charge is 0.136 e. The molecule has 5 heteroatoms. The van der Waals surface area contributed by atoms with Crippen LogP contribution < -0.4 is 10.6 Å². The average Bonchev–Trinajstić information content (AvgIpc) is 2.52. The number of aromatic nitrogens is 3. The fraction of sp³-hybridized carbons (Fsp3) is 0.211. The number of benzene rings is 1. The van der Waals surface area contributed by atoms with E-state index in [1.807, 2.05) is 31.2 Å². The average molecular weight is 319 g/mol. The maximum absolute atomic E-state index is 4.47. The number of aryl methyl sites for hydroxylation is 3. The van der Waals surface area contributed by atoms with Gasteiger partial charge in [0.25, 0.3) is 0 Å². The van der Waals surface area contributed by atoms with E-state index in [0.717, 1.165) is 23.0 Å². The molecule has 0 spiro atoms. The van der Waals surface area contributed by atoms with Crippen molar-refractivity contribution in [2.45, 2.75) is 27.3 Å². The molecule has 2 N–H and O–H groups in total. The fourth-order valence-corrected chi connectivity index (χ4v) is 2.60. The van der Waals surface area contributed by atoms with Gasteiger partial charge in [-0.15, -0.1) is 0 Å². The Hall–Kier alpha value is -2.95. The van der Waals surface area contributed by atoms with Crippen molar-refractivity contribution in [3.8, 4) is 0 Å². The van der Waals surface area contributed by atoms with E-state index in [4.69, 9.17) is 0 Å². The maximum Gasteiger partial charge on any atom is 0.136 e. The molecule has 122 valence electrons. The summed E-state index contributed by atoms with van der Waals surface area (Å²) in [4.78, 5) is 13.2. The number of rotatable bonds is 5. The van der Waals surface area contributed by atoms with Crippen molar-refractivity contribution in [1.82, 2.24) is 15.0 Å². The lowest BCUT2D eigenvalue weighted by molar-refractivity contribution is 0.996. The third kappa shape index (κ3) is 4.29. The van der Waals surface area contributed by atoms with Crippen molar-refractivity contribution < 1.29 is 0 Å². The van der Waals surface area contributed by atoms with Crippen LogP contribution in [0.15, 0.2) is 48.7 Å². The first-order valence-corrected chi connectivity index (χ1v) is 7.93. The molecule has 24 heavy (non-hydrogen) atoms. The quantitative estimate of drug-likeness (QED) is 0.739. The van der Waals surface area contributed by atoms with E-state index in [-0.39, 0.29) is 0 Å². The highest BCUT2D eigenvalue weighted by atomic mass is 15.1. The molecule has 0 aliphatic heterocycles. The summed E-state index contributed by atoms with van der Waals surface area (Å²) in [5.41, 5.74) is 4.44. The summed E-state index contributed by atoms with van der Waals surface area (Å²) in [6, 6.07) is 14.1. The van der Waals surface area contributed by atoms with Gasteiger partial charge in [0.1, 0.15) is 17.5 Å². The Bertz CT molecular complexity index is 810. The second-order valence-corrected chi connectivity index (χ2v) is 5.86. The van der Waals surface area contributed by atoms with Crippen molar-refractivity contribution in [2.75, 3.05) is 10.6 Å². The molecule has 0 amide bonds. The number of hydrogen-bond acceptors (Lipinski definition) is 5. The molecule has 0 radical (unpaired) electrons. The number of nitrogens with zero attached hydrogens (tertiary/aromatic N) is 3. The third-order valence-corrected chi connectivity index (χ3v) is 3.51. The molecule has 0 atom stereocenters. The Balaban J connectivity index is 1.76. The zero-order valence-electron chi connectivity index (χ0n) is 14.2. The number of hydrogen-bond donors (Lipinski definition) is 2. The summed E-state index contributed by atoms with van der Waals surface area (Å²) in [6.07, 6.45) is 1.79. The van der Waals surface area contributed by atoms with Crippen LogP contribution >= 0.6 is 0 Å². The molecule has 0 fully saturated rings. The molecule has 0 unspecified atom stereocenters. The molecule has 0 aliphatic carbocycles. The Kier molecular flexibility index (Phi) is 4.70. The Labute approximate surface area is 142 Å². The van der Waals surface area contributed by atoms with Crippen LogP contribution in [0.25, 0.3) is 0 Å². The molecule has 3 rings (SSSR count). The summed E-state index contributed by atoms with van der Waals surface area (Å²) >= 11 is 0. The van der Waals surface area contributed by atoms with E-state index >= 15 is 0 Å². The van der Waals surface area contributed by atoms with Crippen molar-refractivity contribution in [3.05, 3.63) is 71.3 Å². The number of pyridine rings is 1. The second-order valence-electron chi connectivity index (χ2n) is 5.86. The SMILES string of the molecule is Cc1cc(C)cc(Nc2cc(NCc3ccccn3)nc(C)n2)c1. The number of anilines is 3. The maximum atomic E-state index is 4.47. The molecule has 0 saturated heterocycles. The van der Waals surface area contributed by atoms with Gasteiger partial charge in [0.2, 0.25) is 0 Å². The van der Waals surface area contributed by atoms with E-state index < -0.39 is 0 Å². The second kappa shape index (κ2) is 7.08. The van der Waals surface area contributed by atoms with Crippen LogP contribution in [0.2, 0.25) is 0 Å². The van der Waals surface area contributed by atoms with Crippen molar-refractivity contribution in [2.24, 2.45) is 0 Å². The molecular weight excluding hydrogens is 298 g/mol. The lowest BCUT2D eigenvalue weighted by atomic mass is 10.1. The highest BCUT2D eigenvalue weighted by molar-refractivity contribution is 5.60. The van der Waals surface area contributed by atoms with Gasteiger partial charge < -0.3 is 10.6 Å². The first-order valence-electron chi connectivity index (χ1n) is 7.93. The van der Waals surface area contributed by atoms with Crippen molar-refractivity contribution in [1.29, 1.82) is 0 Å². The van der Waals surface area contributed by atoms with Crippen LogP contribution in [-0.2, 0) is 6.54 Å². The minimum Gasteiger partial charge on any atom is -0.364 e. The van der Waals surface area contributed by atoms with E-state index in [1.165, 1.54) is 11.1 Å². The standard InChI is InChI=1S/C19H21N5/c1-13-8-14(2)10-17(9-13)24-19-11-18(22-15(3)23-19)21-12-16-6-4-5-7-20-16/h4-11H,12H2,1-3H3,(H2,21,22,23,24). The van der Waals surface area contributed by atoms with E-state index in [1.54, 1.807) is 6.20 Å². The molecule has 5 nitrogen and oxygen atoms in total. The van der Waals surface area contributed by atoms with Gasteiger partial charge >= 0.3 is 0 Å². The topological polar surface area (TPSA) is 62.7 Å². The predicted octanol–water partition coefficient (Wildman–Crippen LogP) is 4.15. The largest absolute Gasteiger partial charge is 0.364 e. The lowest BCUT2D eigenvalue weighted by Crippen LogP contribution is -2.06. The molecule has 0 aliphatic rings. The highest BCUT2D eigenvalue weighted by Gasteiger charge is 2.04. The van der Waals surface area contributed by atoms with Crippen LogP contribution in [0.3, 0.4) is 0 Å². The van der Waals surface area contributed by atoms with Crippen molar-refractivity contribution >= 4 is 17.3 Å². The predicted molar refractivity (Wildman–Crippen MR) is 97.5 cm³/mol. The summed E-state index contributed by atoms with van der Waals surface area (Å²) in [5, 5.41) is 6.66. The molecular formula is C19H21N5. The van der Waals surface area contributed by atoms with E-state index in [0.29, 0.717) is 12.4 Å². The molecule has 0 saturated carbocycles. The Morgan fingerprint density at radius 2 is 1.62 bits per heavy atom. The number of nitrogens with one attached hydrogen (secondary N) is 2. The fourth-order valence-electron chi connectivity index (χ4n) is 2.60. The van der Waals surface area contributed by atoms with Gasteiger partial charge in [-0.05, 0) is 56.2 Å². The summed E-state index contributed by atoms with van der Waals surface area (Å²) < 4.78 is 0. The first-order chi connectivity index (χ1) is 11.6. The van der Waals surface area contributed by atoms with Gasteiger partial charge in [-0.2, -0.15) is 0 Å². The van der Waals surface area contributed by atoms with Crippen LogP contribution in [0.1, 0.15) is 22.6 Å². The van der Waals surface area contributed by atoms with Crippen LogP contribution in [0.4, 0.5) is 17.3 Å². The van der Waals surface area contributed by atoms with E-state index in [9.17, 15) is 0 Å². The molecule has 0 bridgehead atoms. The molecule has 2 aromatic heterocycles. The highest BCUT2D eigenvalue weighted by Crippen LogP contribution is 2.20. The summed E-state index contributed by atoms with van der Waals surface area (Å²) in [5.74, 6) is 2.27. The van der Waals surface area contributed by atoms with Crippen LogP contribution in [0.5, 0.6) is 0 Å². The van der Waals surface area contributed by atoms with Gasteiger partial charge in [0.05, 0.1) is 12.2 Å². The zero-order chi connectivity index (χ0) is 16.9. The van der Waals surface area contributed by atoms with Gasteiger partial charge in [0.15, 0.2) is 0 Å². The molecule has 2 heterocycles. The lowest BCUT2D eigenvalue weighted by Gasteiger charge is -2.11. The third-order valence-electron chi connectivity index (χ3n) is 3.51. The van der Waals surface area contributed by atoms with Crippen LogP contribution in [0, 0.1) is 20.8 Å². The first kappa shape index (κ1) is 15.9. The van der Waals surface area contributed by atoms with Gasteiger partial charge in [-0.1, -0.05) is 12.1 Å². The summed E-state index contributed by atoms with van der Waals surface area (Å²) in [7, 11) is 0. The Morgan fingerprint density at radius 1 is 0.875 bits per heavy atom. The zero-order valence-corrected chi connectivity index (χ0v) is 14.2. The normalized spacial score (nSPS) is 10.5. The Morgan fingerprint density at radius 3 is 2.33 bits per heavy atom. The monoisotopic (exact) mass is 319 g/mol. The minimum atomic E-state index is 0.625. The van der Waals surface area contributed by atoms with E-state index in [2.05, 4.69) is 57.6 Å². The van der Waals surface area contributed by atoms with Gasteiger partial charge in [-0.25, -0.2) is 9.97 Å². The van der Waals surface area contributed by atoms with Gasteiger partial charge in [-0.3, -0.25) is 4.98 Å². The van der Waals surface area contributed by atoms with Crippen molar-refractivity contribution in [3.63, 3.8) is 0 Å². The minimum absolute atomic E-state index is 0.625. The van der Waals surface area contributed by atoms with Gasteiger partial charge in [0, 0.05) is 18.0 Å². The molecule has 3 aromatic rings.